The number of rotatable bonds is 6. The summed E-state index contributed by atoms with van der Waals surface area (Å²) in [7, 11) is 1.21. The van der Waals surface area contributed by atoms with Crippen molar-refractivity contribution in [2.24, 2.45) is 11.8 Å². The predicted molar refractivity (Wildman–Crippen MR) is 130 cm³/mol. The molecule has 0 saturated heterocycles. The second kappa shape index (κ2) is 10.9. The Kier molecular flexibility index (Phi) is 8.54. The number of ether oxygens (including phenoxy) is 2. The third-order valence-corrected chi connectivity index (χ3v) is 5.07. The molecule has 1 aliphatic carbocycles. The van der Waals surface area contributed by atoms with E-state index in [9.17, 15) is 14.4 Å². The highest BCUT2D eigenvalue weighted by atomic mass is 16.6. The number of nitrogens with one attached hydrogen (secondary N) is 2. The number of amides is 2. The van der Waals surface area contributed by atoms with Gasteiger partial charge in [-0.05, 0) is 83.1 Å². The van der Waals surface area contributed by atoms with Crippen LogP contribution in [0.5, 0.6) is 0 Å². The number of hydrogen-bond acceptors (Lipinski definition) is 5. The average molecular weight is 465 g/mol. The van der Waals surface area contributed by atoms with Crippen LogP contribution in [0.25, 0.3) is 0 Å². The van der Waals surface area contributed by atoms with Gasteiger partial charge >= 0.3 is 12.1 Å². The van der Waals surface area contributed by atoms with Gasteiger partial charge in [0.25, 0.3) is 5.91 Å². The molecular formula is C27H32N2O5. The first-order chi connectivity index (χ1) is 15.9. The zero-order valence-electron chi connectivity index (χ0n) is 20.6. The standard InChI is InChI=1S/C27H32N2O5/c1-8-19-17-21(19)12-10-9-11-18-13-15-20(16-14-18)23(30)28-22(24(31)33-7)27(5,6)29-25(32)34-26(2,3)4/h8,13-16,19,21-22H,1,17H2,2-7H3,(H,28,30)(H,29,32)/t19-,21-,22-/m1/s1. The van der Waals surface area contributed by atoms with Crippen molar-refractivity contribution in [3.63, 3.8) is 0 Å². The summed E-state index contributed by atoms with van der Waals surface area (Å²) in [5.74, 6) is 11.3. The zero-order chi connectivity index (χ0) is 25.5. The van der Waals surface area contributed by atoms with E-state index in [1.807, 2.05) is 6.08 Å². The number of carbonyl (C=O) groups excluding carboxylic acids is 3. The molecule has 0 aliphatic heterocycles. The van der Waals surface area contributed by atoms with E-state index in [4.69, 9.17) is 9.47 Å². The Labute approximate surface area is 201 Å². The van der Waals surface area contributed by atoms with Crippen LogP contribution in [0.4, 0.5) is 4.79 Å². The molecule has 0 unspecified atom stereocenters. The van der Waals surface area contributed by atoms with E-state index in [2.05, 4.69) is 40.9 Å². The van der Waals surface area contributed by atoms with Crippen molar-refractivity contribution in [1.29, 1.82) is 0 Å². The molecule has 0 bridgehead atoms. The third-order valence-electron chi connectivity index (χ3n) is 5.07. The first-order valence-electron chi connectivity index (χ1n) is 11.0. The molecule has 2 N–H and O–H groups in total. The normalized spacial score (nSPS) is 17.5. The smallest absolute Gasteiger partial charge is 0.408 e. The molecule has 0 spiro atoms. The van der Waals surface area contributed by atoms with Gasteiger partial charge in [0.1, 0.15) is 11.6 Å². The van der Waals surface area contributed by atoms with Crippen LogP contribution in [0.2, 0.25) is 0 Å². The maximum Gasteiger partial charge on any atom is 0.408 e. The van der Waals surface area contributed by atoms with E-state index in [1.165, 1.54) is 7.11 Å². The van der Waals surface area contributed by atoms with Gasteiger partial charge in [-0.2, -0.15) is 0 Å². The van der Waals surface area contributed by atoms with Gasteiger partial charge in [-0.3, -0.25) is 4.79 Å². The fourth-order valence-electron chi connectivity index (χ4n) is 3.08. The Morgan fingerprint density at radius 3 is 2.29 bits per heavy atom. The van der Waals surface area contributed by atoms with Crippen LogP contribution >= 0.6 is 0 Å². The van der Waals surface area contributed by atoms with E-state index >= 15 is 0 Å². The molecule has 34 heavy (non-hydrogen) atoms. The van der Waals surface area contributed by atoms with Crippen molar-refractivity contribution in [2.75, 3.05) is 7.11 Å². The fourth-order valence-corrected chi connectivity index (χ4v) is 3.08. The summed E-state index contributed by atoms with van der Waals surface area (Å²) in [6.45, 7) is 12.1. The minimum Gasteiger partial charge on any atom is -0.467 e. The van der Waals surface area contributed by atoms with Gasteiger partial charge in [-0.25, -0.2) is 9.59 Å². The zero-order valence-corrected chi connectivity index (χ0v) is 20.6. The van der Waals surface area contributed by atoms with Crippen molar-refractivity contribution < 1.29 is 23.9 Å². The Balaban J connectivity index is 2.07. The first kappa shape index (κ1) is 26.5. The van der Waals surface area contributed by atoms with Gasteiger partial charge in [-0.15, -0.1) is 6.58 Å². The van der Waals surface area contributed by atoms with E-state index in [1.54, 1.807) is 58.9 Å². The number of alkyl carbamates (subject to hydrolysis) is 1. The van der Waals surface area contributed by atoms with E-state index in [0.717, 1.165) is 6.42 Å². The minimum atomic E-state index is -1.19. The lowest BCUT2D eigenvalue weighted by Crippen LogP contribution is -2.62. The predicted octanol–water partition coefficient (Wildman–Crippen LogP) is 3.44. The second-order valence-corrected chi connectivity index (χ2v) is 9.62. The molecular weight excluding hydrogens is 432 g/mol. The summed E-state index contributed by atoms with van der Waals surface area (Å²) in [5, 5.41) is 5.27. The largest absolute Gasteiger partial charge is 0.467 e. The molecule has 3 atom stereocenters. The topological polar surface area (TPSA) is 93.7 Å². The molecule has 1 aliphatic rings. The van der Waals surface area contributed by atoms with Gasteiger partial charge in [0.15, 0.2) is 0 Å². The quantitative estimate of drug-likeness (QED) is 0.382. The SMILES string of the molecule is C=C[C@@H]1C[C@H]1C#CC#Cc1ccc(C(=O)N[C@H](C(=O)OC)C(C)(C)NC(=O)OC(C)(C)C)cc1. The second-order valence-electron chi connectivity index (χ2n) is 9.62. The minimum absolute atomic E-state index is 0.324. The molecule has 1 aromatic carbocycles. The van der Waals surface area contributed by atoms with Crippen LogP contribution in [0.3, 0.4) is 0 Å². The summed E-state index contributed by atoms with van der Waals surface area (Å²) in [6.07, 6.45) is 2.24. The summed E-state index contributed by atoms with van der Waals surface area (Å²) < 4.78 is 10.1. The highest BCUT2D eigenvalue weighted by molar-refractivity contribution is 5.97. The van der Waals surface area contributed by atoms with Crippen LogP contribution < -0.4 is 10.6 Å². The molecule has 1 fully saturated rings. The molecule has 7 nitrogen and oxygen atoms in total. The molecule has 1 aromatic rings. The van der Waals surface area contributed by atoms with Gasteiger partial charge in [0, 0.05) is 17.0 Å². The van der Waals surface area contributed by atoms with Gasteiger partial charge in [0.05, 0.1) is 12.6 Å². The van der Waals surface area contributed by atoms with Crippen LogP contribution in [0, 0.1) is 35.5 Å². The molecule has 0 aromatic heterocycles. The fraction of sp³-hybridized carbons (Fsp3) is 0.444. The van der Waals surface area contributed by atoms with E-state index in [0.29, 0.717) is 23.0 Å². The van der Waals surface area contributed by atoms with Crippen LogP contribution in [0.15, 0.2) is 36.9 Å². The number of hydrogen-bond donors (Lipinski definition) is 2. The van der Waals surface area contributed by atoms with E-state index in [-0.39, 0.29) is 0 Å². The van der Waals surface area contributed by atoms with E-state index < -0.39 is 35.2 Å². The van der Waals surface area contributed by atoms with Crippen molar-refractivity contribution in [1.82, 2.24) is 10.6 Å². The Hall–Kier alpha value is -3.71. The maximum absolute atomic E-state index is 12.8. The highest BCUT2D eigenvalue weighted by Crippen LogP contribution is 2.38. The number of benzene rings is 1. The molecule has 0 radical (unpaired) electrons. The summed E-state index contributed by atoms with van der Waals surface area (Å²) >= 11 is 0. The van der Waals surface area contributed by atoms with Crippen LogP contribution in [-0.4, -0.2) is 42.3 Å². The Morgan fingerprint density at radius 2 is 1.76 bits per heavy atom. The molecule has 7 heteroatoms. The Bertz CT molecular complexity index is 1060. The summed E-state index contributed by atoms with van der Waals surface area (Å²) in [4.78, 5) is 37.5. The Morgan fingerprint density at radius 1 is 1.12 bits per heavy atom. The molecule has 180 valence electrons. The molecule has 0 heterocycles. The van der Waals surface area contributed by atoms with Crippen molar-refractivity contribution in [2.45, 2.75) is 58.2 Å². The summed E-state index contributed by atoms with van der Waals surface area (Å²) in [5.41, 5.74) is -0.878. The van der Waals surface area contributed by atoms with Crippen molar-refractivity contribution >= 4 is 18.0 Å². The number of esters is 1. The van der Waals surface area contributed by atoms with Gasteiger partial charge < -0.3 is 20.1 Å². The van der Waals surface area contributed by atoms with Crippen LogP contribution in [-0.2, 0) is 14.3 Å². The first-order valence-corrected chi connectivity index (χ1v) is 11.0. The molecule has 1 saturated carbocycles. The average Bonchev–Trinajstić information content (AvgIpc) is 3.51. The number of allylic oxidation sites excluding steroid dienone is 1. The van der Waals surface area contributed by atoms with Crippen LogP contribution in [0.1, 0.15) is 57.0 Å². The van der Waals surface area contributed by atoms with Crippen molar-refractivity contribution in [3.05, 3.63) is 48.0 Å². The van der Waals surface area contributed by atoms with Crippen molar-refractivity contribution in [3.8, 4) is 23.7 Å². The lowest BCUT2D eigenvalue weighted by molar-refractivity contribution is -0.144. The molecule has 2 amide bonds. The summed E-state index contributed by atoms with van der Waals surface area (Å²) in [6, 6.07) is 5.44. The maximum atomic E-state index is 12.8. The van der Waals surface area contributed by atoms with Gasteiger partial charge in [0.2, 0.25) is 0 Å². The third kappa shape index (κ3) is 8.01. The highest BCUT2D eigenvalue weighted by Gasteiger charge is 2.40. The number of methoxy groups -OCH3 is 1. The lowest BCUT2D eigenvalue weighted by Gasteiger charge is -2.34. The molecule has 2 rings (SSSR count). The van der Waals surface area contributed by atoms with Gasteiger partial charge in [-0.1, -0.05) is 17.9 Å². The number of carbonyl (C=O) groups is 3. The lowest BCUT2D eigenvalue weighted by atomic mass is 9.94. The monoisotopic (exact) mass is 464 g/mol.